The van der Waals surface area contributed by atoms with E-state index < -0.39 is 34.5 Å². The number of esters is 1. The number of rotatable bonds is 6. The Hall–Kier alpha value is -2.91. The first kappa shape index (κ1) is 19.8. The quantitative estimate of drug-likeness (QED) is 0.686. The Labute approximate surface area is 162 Å². The van der Waals surface area contributed by atoms with Crippen molar-refractivity contribution in [3.05, 3.63) is 59.7 Å². The molecule has 3 rings (SSSR count). The van der Waals surface area contributed by atoms with Crippen LogP contribution in [0.3, 0.4) is 0 Å². The smallest absolute Gasteiger partial charge is 0.330 e. The van der Waals surface area contributed by atoms with Gasteiger partial charge in [-0.2, -0.15) is 0 Å². The zero-order chi connectivity index (χ0) is 20.3. The van der Waals surface area contributed by atoms with Crippen molar-refractivity contribution >= 4 is 27.6 Å². The van der Waals surface area contributed by atoms with Gasteiger partial charge in [0.2, 0.25) is 0 Å². The van der Waals surface area contributed by atoms with Crippen LogP contribution in [0.25, 0.3) is 0 Å². The highest BCUT2D eigenvalue weighted by molar-refractivity contribution is 7.92. The molecule has 0 fully saturated rings. The molecule has 0 bridgehead atoms. The van der Waals surface area contributed by atoms with Crippen LogP contribution in [-0.2, 0) is 26.0 Å². The Morgan fingerprint density at radius 3 is 2.68 bits per heavy atom. The summed E-state index contributed by atoms with van der Waals surface area (Å²) in [4.78, 5) is 23.9. The number of anilines is 1. The van der Waals surface area contributed by atoms with Crippen molar-refractivity contribution in [1.29, 1.82) is 0 Å². The molecule has 28 heavy (non-hydrogen) atoms. The highest BCUT2D eigenvalue weighted by atomic mass is 32.2. The first-order valence-corrected chi connectivity index (χ1v) is 10.0. The van der Waals surface area contributed by atoms with Gasteiger partial charge in [-0.3, -0.25) is 9.10 Å². The van der Waals surface area contributed by atoms with E-state index in [4.69, 9.17) is 0 Å². The minimum atomic E-state index is -3.85. The number of hydrogen-bond acceptors (Lipinski definition) is 6. The molecule has 1 amide bonds. The zero-order valence-electron chi connectivity index (χ0n) is 15.2. The van der Waals surface area contributed by atoms with Crippen LogP contribution in [0, 0.1) is 0 Å². The number of fused-ring (bicyclic) bond motifs is 1. The monoisotopic (exact) mass is 404 g/mol. The van der Waals surface area contributed by atoms with Gasteiger partial charge in [0.05, 0.1) is 24.3 Å². The lowest BCUT2D eigenvalue weighted by Crippen LogP contribution is -2.44. The summed E-state index contributed by atoms with van der Waals surface area (Å²) in [5.74, 6) is -1.49. The third-order valence-corrected chi connectivity index (χ3v) is 6.31. The Morgan fingerprint density at radius 1 is 1.21 bits per heavy atom. The van der Waals surface area contributed by atoms with E-state index in [9.17, 15) is 23.1 Å². The van der Waals surface area contributed by atoms with Crippen LogP contribution < -0.4 is 9.62 Å². The molecule has 0 unspecified atom stereocenters. The number of para-hydroxylation sites is 1. The molecule has 0 aromatic heterocycles. The molecule has 2 aromatic carbocycles. The highest BCUT2D eigenvalue weighted by Crippen LogP contribution is 2.32. The van der Waals surface area contributed by atoms with Gasteiger partial charge in [-0.05, 0) is 36.2 Å². The molecule has 0 aliphatic carbocycles. The molecule has 1 atom stereocenters. The molecule has 9 heteroatoms. The van der Waals surface area contributed by atoms with Gasteiger partial charge in [0, 0.05) is 12.1 Å². The van der Waals surface area contributed by atoms with Crippen LogP contribution >= 0.6 is 0 Å². The second kappa shape index (κ2) is 7.99. The molecule has 2 N–H and O–H groups in total. The lowest BCUT2D eigenvalue weighted by Gasteiger charge is -2.20. The average molecular weight is 404 g/mol. The fraction of sp³-hybridized carbons (Fsp3) is 0.263. The van der Waals surface area contributed by atoms with Crippen LogP contribution in [0.5, 0.6) is 0 Å². The normalized spacial score (nSPS) is 14.3. The van der Waals surface area contributed by atoms with Crippen molar-refractivity contribution in [3.8, 4) is 0 Å². The number of hydrogen-bond donors (Lipinski definition) is 2. The fourth-order valence-electron chi connectivity index (χ4n) is 3.05. The average Bonchev–Trinajstić information content (AvgIpc) is 3.16. The van der Waals surface area contributed by atoms with Gasteiger partial charge in [-0.15, -0.1) is 0 Å². The van der Waals surface area contributed by atoms with E-state index in [1.54, 1.807) is 12.1 Å². The van der Waals surface area contributed by atoms with Gasteiger partial charge in [-0.25, -0.2) is 13.2 Å². The lowest BCUT2D eigenvalue weighted by molar-refractivity contribution is -0.143. The molecule has 1 aliphatic rings. The summed E-state index contributed by atoms with van der Waals surface area (Å²) in [5.41, 5.74) is 1.63. The van der Waals surface area contributed by atoms with Crippen molar-refractivity contribution in [1.82, 2.24) is 5.32 Å². The number of nitrogens with zero attached hydrogens (tertiary/aromatic N) is 1. The van der Waals surface area contributed by atoms with Crippen LogP contribution in [0.15, 0.2) is 53.4 Å². The van der Waals surface area contributed by atoms with Crippen LogP contribution in [0.2, 0.25) is 0 Å². The number of nitrogens with one attached hydrogen (secondary N) is 1. The third-order valence-electron chi connectivity index (χ3n) is 4.50. The summed E-state index contributed by atoms with van der Waals surface area (Å²) >= 11 is 0. The SMILES string of the molecule is COC(=O)[C@H](CO)NC(=O)c1cccc(S(=O)(=O)N2CCc3ccccc32)c1. The summed E-state index contributed by atoms with van der Waals surface area (Å²) in [7, 11) is -2.71. The molecule has 0 radical (unpaired) electrons. The van der Waals surface area contributed by atoms with Crippen molar-refractivity contribution in [2.24, 2.45) is 0 Å². The Morgan fingerprint density at radius 2 is 1.96 bits per heavy atom. The Bertz CT molecular complexity index is 1000. The van der Waals surface area contributed by atoms with Crippen molar-refractivity contribution < 1.29 is 27.9 Å². The molecule has 8 nitrogen and oxygen atoms in total. The summed E-state index contributed by atoms with van der Waals surface area (Å²) in [5, 5.41) is 11.6. The van der Waals surface area contributed by atoms with Gasteiger partial charge in [-0.1, -0.05) is 24.3 Å². The third kappa shape index (κ3) is 3.71. The maximum Gasteiger partial charge on any atom is 0.330 e. The van der Waals surface area contributed by atoms with E-state index in [2.05, 4.69) is 10.1 Å². The minimum absolute atomic E-state index is 0.0320. The van der Waals surface area contributed by atoms with E-state index in [1.165, 1.54) is 28.6 Å². The molecule has 148 valence electrons. The largest absolute Gasteiger partial charge is 0.467 e. The zero-order valence-corrected chi connectivity index (χ0v) is 16.0. The molecule has 2 aromatic rings. The van der Waals surface area contributed by atoms with E-state index in [1.807, 2.05) is 12.1 Å². The van der Waals surface area contributed by atoms with Crippen molar-refractivity contribution in [2.75, 3.05) is 24.6 Å². The lowest BCUT2D eigenvalue weighted by atomic mass is 10.2. The van der Waals surface area contributed by atoms with Crippen molar-refractivity contribution in [3.63, 3.8) is 0 Å². The summed E-state index contributed by atoms with van der Waals surface area (Å²) in [6.45, 7) is -0.312. The first-order valence-electron chi connectivity index (χ1n) is 8.58. The van der Waals surface area contributed by atoms with Gasteiger partial charge in [0.25, 0.3) is 15.9 Å². The molecule has 1 aliphatic heterocycles. The van der Waals surface area contributed by atoms with E-state index in [-0.39, 0.29) is 10.5 Å². The number of aliphatic hydroxyl groups is 1. The maximum absolute atomic E-state index is 13.1. The van der Waals surface area contributed by atoms with Crippen LogP contribution in [-0.4, -0.2) is 51.7 Å². The second-order valence-corrected chi connectivity index (χ2v) is 8.08. The molecular formula is C19H20N2O6S. The van der Waals surface area contributed by atoms with E-state index in [0.717, 1.165) is 12.7 Å². The summed E-state index contributed by atoms with van der Waals surface area (Å²) < 4.78 is 32.0. The predicted octanol–water partition coefficient (Wildman–Crippen LogP) is 0.702. The van der Waals surface area contributed by atoms with Crippen LogP contribution in [0.4, 0.5) is 5.69 Å². The number of sulfonamides is 1. The number of methoxy groups -OCH3 is 1. The minimum Gasteiger partial charge on any atom is -0.467 e. The maximum atomic E-state index is 13.1. The predicted molar refractivity (Wildman–Crippen MR) is 101 cm³/mol. The van der Waals surface area contributed by atoms with E-state index in [0.29, 0.717) is 18.7 Å². The molecule has 0 saturated carbocycles. The number of carbonyl (C=O) groups is 2. The summed E-state index contributed by atoms with van der Waals surface area (Å²) in [6.07, 6.45) is 0.618. The topological polar surface area (TPSA) is 113 Å². The Balaban J connectivity index is 1.87. The number of carbonyl (C=O) groups excluding carboxylic acids is 2. The molecule has 1 heterocycles. The fourth-order valence-corrected chi connectivity index (χ4v) is 4.60. The highest BCUT2D eigenvalue weighted by Gasteiger charge is 2.31. The van der Waals surface area contributed by atoms with Gasteiger partial charge < -0.3 is 15.2 Å². The molecule has 0 saturated heterocycles. The Kier molecular flexibility index (Phi) is 5.66. The van der Waals surface area contributed by atoms with Crippen molar-refractivity contribution in [2.45, 2.75) is 17.4 Å². The van der Waals surface area contributed by atoms with Gasteiger partial charge in [0.15, 0.2) is 6.04 Å². The van der Waals surface area contributed by atoms with Crippen LogP contribution in [0.1, 0.15) is 15.9 Å². The molecular weight excluding hydrogens is 384 g/mol. The number of ether oxygens (including phenoxy) is 1. The first-order chi connectivity index (χ1) is 13.4. The standard InChI is InChI=1S/C19H20N2O6S/c1-27-19(24)16(12-22)20-18(23)14-6-4-7-15(11-14)28(25,26)21-10-9-13-5-2-3-8-17(13)21/h2-8,11,16,22H,9-10,12H2,1H3,(H,20,23)/t16-/m0/s1. The summed E-state index contributed by atoms with van der Waals surface area (Å²) in [6, 6.07) is 11.6. The number of aliphatic hydroxyl groups excluding tert-OH is 1. The van der Waals surface area contributed by atoms with E-state index >= 15 is 0 Å². The number of benzene rings is 2. The van der Waals surface area contributed by atoms with Gasteiger partial charge in [0.1, 0.15) is 0 Å². The number of amides is 1. The second-order valence-electron chi connectivity index (χ2n) is 6.22. The van der Waals surface area contributed by atoms with Gasteiger partial charge >= 0.3 is 5.97 Å². The molecule has 0 spiro atoms.